The molecule has 0 saturated carbocycles. The summed E-state index contributed by atoms with van der Waals surface area (Å²) >= 11 is 5.73. The molecular weight excluding hydrogens is 248 g/mol. The smallest absolute Gasteiger partial charge is 0.332 e. The van der Waals surface area contributed by atoms with Crippen molar-refractivity contribution in [1.82, 2.24) is 10.5 Å². The third-order valence-electron chi connectivity index (χ3n) is 1.83. The summed E-state index contributed by atoms with van der Waals surface area (Å²) in [5.41, 5.74) is 2.94. The lowest BCUT2D eigenvalue weighted by molar-refractivity contribution is -0.144. The van der Waals surface area contributed by atoms with E-state index in [0.29, 0.717) is 12.1 Å². The van der Waals surface area contributed by atoms with E-state index in [1.54, 1.807) is 6.07 Å². The van der Waals surface area contributed by atoms with Gasteiger partial charge in [0.1, 0.15) is 5.15 Å². The zero-order valence-electron chi connectivity index (χ0n) is 9.07. The topological polar surface area (TPSA) is 88.5 Å². The lowest BCUT2D eigenvalue weighted by Gasteiger charge is -2.05. The van der Waals surface area contributed by atoms with E-state index < -0.39 is 18.5 Å². The number of aromatic nitrogens is 1. The number of halogens is 1. The molecule has 0 fully saturated rings. The third-order valence-corrected chi connectivity index (χ3v) is 2.03. The van der Waals surface area contributed by atoms with Crippen molar-refractivity contribution < 1.29 is 19.5 Å². The highest BCUT2D eigenvalue weighted by Crippen LogP contribution is 2.11. The maximum absolute atomic E-state index is 11.5. The lowest BCUT2D eigenvalue weighted by Crippen LogP contribution is -2.26. The number of pyridine rings is 1. The number of aryl methyl sites for hydroxylation is 1. The Morgan fingerprint density at radius 1 is 1.53 bits per heavy atom. The molecule has 92 valence electrons. The number of carboxylic acids is 1. The molecule has 0 aliphatic carbocycles. The van der Waals surface area contributed by atoms with Gasteiger partial charge in [-0.1, -0.05) is 18.5 Å². The van der Waals surface area contributed by atoms with E-state index in [1.807, 2.05) is 12.4 Å². The minimum atomic E-state index is -1.17. The number of hydrogen-bond acceptors (Lipinski definition) is 4. The monoisotopic (exact) mass is 258 g/mol. The van der Waals surface area contributed by atoms with Crippen LogP contribution in [0.2, 0.25) is 5.15 Å². The fraction of sp³-hybridized carbons (Fsp3) is 0.300. The minimum absolute atomic E-state index is 0.202. The van der Waals surface area contributed by atoms with E-state index in [2.05, 4.69) is 9.82 Å². The van der Waals surface area contributed by atoms with Crippen molar-refractivity contribution in [2.24, 2.45) is 0 Å². The summed E-state index contributed by atoms with van der Waals surface area (Å²) in [5.74, 6) is -1.74. The van der Waals surface area contributed by atoms with Gasteiger partial charge in [0, 0.05) is 11.3 Å². The molecular formula is C10H11ClN2O4. The quantitative estimate of drug-likeness (QED) is 0.609. The zero-order valence-corrected chi connectivity index (χ0v) is 9.82. The SMILES string of the molecule is CCc1cc(C(=O)NOCC(=O)O)cc(Cl)n1. The van der Waals surface area contributed by atoms with Crippen LogP contribution in [0.5, 0.6) is 0 Å². The average molecular weight is 259 g/mol. The summed E-state index contributed by atoms with van der Waals surface area (Å²) < 4.78 is 0. The van der Waals surface area contributed by atoms with E-state index in [-0.39, 0.29) is 10.7 Å². The molecule has 0 aliphatic rings. The molecule has 0 aromatic carbocycles. The van der Waals surface area contributed by atoms with Gasteiger partial charge in [0.15, 0.2) is 6.61 Å². The predicted octanol–water partition coefficient (Wildman–Crippen LogP) is 1.04. The Kier molecular flexibility index (Phi) is 4.86. The molecule has 1 rings (SSSR count). The van der Waals surface area contributed by atoms with Crippen LogP contribution in [0.4, 0.5) is 0 Å². The number of rotatable bonds is 5. The number of carbonyl (C=O) groups excluding carboxylic acids is 1. The van der Waals surface area contributed by atoms with Crippen LogP contribution < -0.4 is 5.48 Å². The molecule has 1 aromatic rings. The van der Waals surface area contributed by atoms with Gasteiger partial charge >= 0.3 is 5.97 Å². The lowest BCUT2D eigenvalue weighted by atomic mass is 10.2. The maximum Gasteiger partial charge on any atom is 0.332 e. The molecule has 0 spiro atoms. The predicted molar refractivity (Wildman–Crippen MR) is 59.7 cm³/mol. The van der Waals surface area contributed by atoms with Crippen molar-refractivity contribution >= 4 is 23.5 Å². The van der Waals surface area contributed by atoms with Gasteiger partial charge in [0.2, 0.25) is 0 Å². The number of carboxylic acid groups (broad SMARTS) is 1. The molecule has 0 atom stereocenters. The first-order valence-corrected chi connectivity index (χ1v) is 5.21. The number of hydrogen-bond donors (Lipinski definition) is 2. The van der Waals surface area contributed by atoms with Crippen LogP contribution in [0.3, 0.4) is 0 Å². The van der Waals surface area contributed by atoms with Crippen LogP contribution in [0.25, 0.3) is 0 Å². The summed E-state index contributed by atoms with van der Waals surface area (Å²) in [7, 11) is 0. The van der Waals surface area contributed by atoms with E-state index in [0.717, 1.165) is 0 Å². The Morgan fingerprint density at radius 3 is 2.82 bits per heavy atom. The fourth-order valence-corrected chi connectivity index (χ4v) is 1.31. The van der Waals surface area contributed by atoms with Crippen molar-refractivity contribution in [2.45, 2.75) is 13.3 Å². The number of hydroxylamine groups is 1. The summed E-state index contributed by atoms with van der Waals surface area (Å²) in [6.07, 6.45) is 0.636. The average Bonchev–Trinajstić information content (AvgIpc) is 2.27. The van der Waals surface area contributed by atoms with Crippen LogP contribution in [0.15, 0.2) is 12.1 Å². The van der Waals surface area contributed by atoms with Crippen molar-refractivity contribution in [1.29, 1.82) is 0 Å². The maximum atomic E-state index is 11.5. The van der Waals surface area contributed by atoms with Gasteiger partial charge < -0.3 is 5.11 Å². The molecule has 2 N–H and O–H groups in total. The van der Waals surface area contributed by atoms with Crippen LogP contribution >= 0.6 is 11.6 Å². The van der Waals surface area contributed by atoms with Gasteiger partial charge in [-0.25, -0.2) is 15.3 Å². The standard InChI is InChI=1S/C10H11ClN2O4/c1-2-7-3-6(4-8(11)12-7)10(16)13-17-5-9(14)15/h3-4H,2,5H2,1H3,(H,13,16)(H,14,15). The largest absolute Gasteiger partial charge is 0.479 e. The first-order chi connectivity index (χ1) is 8.02. The molecule has 1 heterocycles. The van der Waals surface area contributed by atoms with Gasteiger partial charge in [-0.05, 0) is 18.6 Å². The third kappa shape index (κ3) is 4.38. The second kappa shape index (κ2) is 6.17. The summed E-state index contributed by atoms with van der Waals surface area (Å²) in [5, 5.41) is 8.52. The van der Waals surface area contributed by atoms with Crippen molar-refractivity contribution in [3.05, 3.63) is 28.5 Å². The molecule has 0 saturated heterocycles. The zero-order chi connectivity index (χ0) is 12.8. The molecule has 0 aliphatic heterocycles. The number of carbonyl (C=O) groups is 2. The summed E-state index contributed by atoms with van der Waals surface area (Å²) in [6, 6.07) is 2.94. The number of aliphatic carboxylic acids is 1. The fourth-order valence-electron chi connectivity index (χ4n) is 1.09. The van der Waals surface area contributed by atoms with Crippen molar-refractivity contribution in [3.63, 3.8) is 0 Å². The number of nitrogens with one attached hydrogen (secondary N) is 1. The Hall–Kier alpha value is -1.66. The summed E-state index contributed by atoms with van der Waals surface area (Å²) in [4.78, 5) is 30.2. The van der Waals surface area contributed by atoms with Gasteiger partial charge in [0.25, 0.3) is 5.91 Å². The van der Waals surface area contributed by atoms with E-state index in [1.165, 1.54) is 6.07 Å². The van der Waals surface area contributed by atoms with Gasteiger partial charge in [-0.15, -0.1) is 0 Å². The Labute approximate surface area is 103 Å². The number of amides is 1. The first kappa shape index (κ1) is 13.4. The molecule has 0 unspecified atom stereocenters. The summed E-state index contributed by atoms with van der Waals surface area (Å²) in [6.45, 7) is 1.27. The Morgan fingerprint density at radius 2 is 2.24 bits per heavy atom. The molecule has 7 heteroatoms. The normalized spacial score (nSPS) is 10.0. The Bertz CT molecular complexity index is 436. The molecule has 1 amide bonds. The van der Waals surface area contributed by atoms with Crippen molar-refractivity contribution in [3.8, 4) is 0 Å². The molecule has 0 bridgehead atoms. The second-order valence-corrected chi connectivity index (χ2v) is 3.52. The van der Waals surface area contributed by atoms with E-state index >= 15 is 0 Å². The van der Waals surface area contributed by atoms with E-state index in [9.17, 15) is 9.59 Å². The van der Waals surface area contributed by atoms with Crippen LogP contribution in [-0.2, 0) is 16.1 Å². The van der Waals surface area contributed by atoms with Gasteiger partial charge in [-0.2, -0.15) is 0 Å². The highest BCUT2D eigenvalue weighted by Gasteiger charge is 2.09. The highest BCUT2D eigenvalue weighted by molar-refractivity contribution is 6.29. The number of nitrogens with zero attached hydrogens (tertiary/aromatic N) is 1. The molecule has 0 radical (unpaired) electrons. The van der Waals surface area contributed by atoms with Crippen molar-refractivity contribution in [2.75, 3.05) is 6.61 Å². The van der Waals surface area contributed by atoms with Crippen LogP contribution in [0, 0.1) is 0 Å². The minimum Gasteiger partial charge on any atom is -0.479 e. The van der Waals surface area contributed by atoms with Crippen LogP contribution in [0.1, 0.15) is 23.0 Å². The van der Waals surface area contributed by atoms with E-state index in [4.69, 9.17) is 16.7 Å². The molecule has 1 aromatic heterocycles. The molecule has 17 heavy (non-hydrogen) atoms. The second-order valence-electron chi connectivity index (χ2n) is 3.14. The molecule has 6 nitrogen and oxygen atoms in total. The van der Waals surface area contributed by atoms with Gasteiger partial charge in [0.05, 0.1) is 0 Å². The Balaban J connectivity index is 2.68. The highest BCUT2D eigenvalue weighted by atomic mass is 35.5. The first-order valence-electron chi connectivity index (χ1n) is 4.83. The van der Waals surface area contributed by atoms with Crippen LogP contribution in [-0.4, -0.2) is 28.6 Å². The van der Waals surface area contributed by atoms with Gasteiger partial charge in [-0.3, -0.25) is 9.63 Å².